The molecule has 1 aromatic carbocycles. The normalized spacial score (nSPS) is 10.4. The van der Waals surface area contributed by atoms with E-state index in [4.69, 9.17) is 11.6 Å². The Kier molecular flexibility index (Phi) is 4.55. The second kappa shape index (κ2) is 6.16. The van der Waals surface area contributed by atoms with Gasteiger partial charge in [-0.1, -0.05) is 31.2 Å². The minimum absolute atomic E-state index is 0.238. The van der Waals surface area contributed by atoms with Crippen LogP contribution in [0.2, 0.25) is 5.28 Å². The van der Waals surface area contributed by atoms with Gasteiger partial charge in [-0.25, -0.2) is 4.98 Å². The first-order valence-electron chi connectivity index (χ1n) is 5.68. The van der Waals surface area contributed by atoms with Gasteiger partial charge in [-0.15, -0.1) is 0 Å². The van der Waals surface area contributed by atoms with Crippen LogP contribution in [0.1, 0.15) is 18.1 Å². The summed E-state index contributed by atoms with van der Waals surface area (Å²) in [6.07, 6.45) is 2.69. The van der Waals surface area contributed by atoms with Gasteiger partial charge in [0, 0.05) is 12.7 Å². The van der Waals surface area contributed by atoms with Gasteiger partial charge < -0.3 is 5.32 Å². The van der Waals surface area contributed by atoms with Crippen LogP contribution < -0.4 is 5.32 Å². The Hall–Kier alpha value is -1.13. The van der Waals surface area contributed by atoms with Gasteiger partial charge in [0.15, 0.2) is 0 Å². The zero-order valence-corrected chi connectivity index (χ0v) is 12.3. The molecule has 0 fully saturated rings. The van der Waals surface area contributed by atoms with Crippen LogP contribution >= 0.6 is 27.5 Å². The maximum Gasteiger partial charge on any atom is 0.224 e. The van der Waals surface area contributed by atoms with Gasteiger partial charge in [0.1, 0.15) is 5.82 Å². The zero-order chi connectivity index (χ0) is 13.0. The molecule has 2 rings (SSSR count). The Balaban J connectivity index is 2.04. The molecule has 0 bridgehead atoms. The quantitative estimate of drug-likeness (QED) is 0.861. The Morgan fingerprint density at radius 2 is 1.89 bits per heavy atom. The van der Waals surface area contributed by atoms with Crippen molar-refractivity contribution in [1.82, 2.24) is 9.97 Å². The molecule has 18 heavy (non-hydrogen) atoms. The number of aryl methyl sites for hydroxylation is 1. The van der Waals surface area contributed by atoms with Crippen LogP contribution in [0.25, 0.3) is 0 Å². The first kappa shape index (κ1) is 13.3. The highest BCUT2D eigenvalue weighted by Gasteiger charge is 2.03. The lowest BCUT2D eigenvalue weighted by molar-refractivity contribution is 1.06. The van der Waals surface area contributed by atoms with E-state index in [0.29, 0.717) is 12.4 Å². The number of aromatic nitrogens is 2. The number of benzene rings is 1. The Morgan fingerprint density at radius 1 is 1.22 bits per heavy atom. The SMILES string of the molecule is CCc1ccc(CNc2nc(Cl)ncc2Br)cc1. The molecule has 94 valence electrons. The van der Waals surface area contributed by atoms with Crippen LogP contribution in [0.3, 0.4) is 0 Å². The lowest BCUT2D eigenvalue weighted by Crippen LogP contribution is -2.03. The number of rotatable bonds is 4. The van der Waals surface area contributed by atoms with Crippen LogP contribution in [0.5, 0.6) is 0 Å². The third kappa shape index (κ3) is 3.43. The fourth-order valence-electron chi connectivity index (χ4n) is 1.55. The summed E-state index contributed by atoms with van der Waals surface area (Å²) in [5.41, 5.74) is 2.54. The highest BCUT2D eigenvalue weighted by atomic mass is 79.9. The van der Waals surface area contributed by atoms with Gasteiger partial charge in [0.2, 0.25) is 5.28 Å². The van der Waals surface area contributed by atoms with Gasteiger partial charge in [0.05, 0.1) is 4.47 Å². The number of anilines is 1. The third-order valence-electron chi connectivity index (χ3n) is 2.61. The molecule has 1 N–H and O–H groups in total. The van der Waals surface area contributed by atoms with Crippen LogP contribution in [-0.4, -0.2) is 9.97 Å². The van der Waals surface area contributed by atoms with E-state index >= 15 is 0 Å². The smallest absolute Gasteiger partial charge is 0.224 e. The first-order valence-corrected chi connectivity index (χ1v) is 6.86. The molecule has 0 aliphatic heterocycles. The van der Waals surface area contributed by atoms with Crippen molar-refractivity contribution < 1.29 is 0 Å². The largest absolute Gasteiger partial charge is 0.365 e. The van der Waals surface area contributed by atoms with Crippen molar-refractivity contribution in [2.24, 2.45) is 0 Å². The summed E-state index contributed by atoms with van der Waals surface area (Å²) in [5.74, 6) is 0.703. The van der Waals surface area contributed by atoms with Gasteiger partial charge in [-0.05, 0) is 45.1 Å². The maximum atomic E-state index is 5.76. The van der Waals surface area contributed by atoms with E-state index in [2.05, 4.69) is 62.4 Å². The molecule has 0 atom stereocenters. The van der Waals surface area contributed by atoms with E-state index in [9.17, 15) is 0 Å². The fourth-order valence-corrected chi connectivity index (χ4v) is 2.01. The minimum atomic E-state index is 0.238. The van der Waals surface area contributed by atoms with Crippen molar-refractivity contribution in [1.29, 1.82) is 0 Å². The van der Waals surface area contributed by atoms with Crippen molar-refractivity contribution in [2.75, 3.05) is 5.32 Å². The highest BCUT2D eigenvalue weighted by molar-refractivity contribution is 9.10. The van der Waals surface area contributed by atoms with E-state index in [1.165, 1.54) is 11.1 Å². The monoisotopic (exact) mass is 325 g/mol. The van der Waals surface area contributed by atoms with E-state index in [0.717, 1.165) is 10.9 Å². The summed E-state index contributed by atoms with van der Waals surface area (Å²) in [6.45, 7) is 2.85. The molecule has 0 amide bonds. The molecule has 0 aliphatic rings. The average Bonchev–Trinajstić information content (AvgIpc) is 2.40. The Labute approximate surface area is 120 Å². The molecule has 0 aliphatic carbocycles. The maximum absolute atomic E-state index is 5.76. The average molecular weight is 327 g/mol. The van der Waals surface area contributed by atoms with Gasteiger partial charge in [-0.3, -0.25) is 0 Å². The molecule has 0 saturated carbocycles. The third-order valence-corrected chi connectivity index (χ3v) is 3.37. The fraction of sp³-hybridized carbons (Fsp3) is 0.231. The molecule has 0 radical (unpaired) electrons. The molecule has 0 spiro atoms. The second-order valence-corrected chi connectivity index (χ2v) is 5.05. The number of hydrogen-bond donors (Lipinski definition) is 1. The molecule has 3 nitrogen and oxygen atoms in total. The predicted molar refractivity (Wildman–Crippen MR) is 77.9 cm³/mol. The summed E-state index contributed by atoms with van der Waals surface area (Å²) in [4.78, 5) is 8.00. The van der Waals surface area contributed by atoms with Crippen molar-refractivity contribution in [3.63, 3.8) is 0 Å². The Morgan fingerprint density at radius 3 is 2.56 bits per heavy atom. The topological polar surface area (TPSA) is 37.8 Å². The summed E-state index contributed by atoms with van der Waals surface area (Å²) < 4.78 is 0.803. The van der Waals surface area contributed by atoms with E-state index in [1.54, 1.807) is 6.20 Å². The predicted octanol–water partition coefficient (Wildman–Crippen LogP) is 4.07. The van der Waals surface area contributed by atoms with Crippen molar-refractivity contribution in [3.8, 4) is 0 Å². The number of hydrogen-bond acceptors (Lipinski definition) is 3. The summed E-state index contributed by atoms with van der Waals surface area (Å²) >= 11 is 9.14. The lowest BCUT2D eigenvalue weighted by Gasteiger charge is -2.08. The zero-order valence-electron chi connectivity index (χ0n) is 9.95. The number of nitrogens with zero attached hydrogens (tertiary/aromatic N) is 2. The van der Waals surface area contributed by atoms with Gasteiger partial charge in [-0.2, -0.15) is 4.98 Å². The van der Waals surface area contributed by atoms with Crippen LogP contribution in [0.4, 0.5) is 5.82 Å². The molecular weight excluding hydrogens is 314 g/mol. The van der Waals surface area contributed by atoms with Crippen LogP contribution in [0, 0.1) is 0 Å². The van der Waals surface area contributed by atoms with E-state index in [-0.39, 0.29) is 5.28 Å². The van der Waals surface area contributed by atoms with Crippen LogP contribution in [0.15, 0.2) is 34.9 Å². The summed E-state index contributed by atoms with van der Waals surface area (Å²) in [7, 11) is 0. The van der Waals surface area contributed by atoms with Gasteiger partial charge >= 0.3 is 0 Å². The molecule has 5 heteroatoms. The Bertz CT molecular complexity index is 528. The molecular formula is C13H13BrClN3. The summed E-state index contributed by atoms with van der Waals surface area (Å²) in [5, 5.41) is 3.46. The standard InChI is InChI=1S/C13H13BrClN3/c1-2-9-3-5-10(6-4-9)7-16-12-11(14)8-17-13(15)18-12/h3-6,8H,2,7H2,1H3,(H,16,17,18). The van der Waals surface area contributed by atoms with Crippen LogP contribution in [-0.2, 0) is 13.0 Å². The lowest BCUT2D eigenvalue weighted by atomic mass is 10.1. The van der Waals surface area contributed by atoms with Crippen molar-refractivity contribution in [2.45, 2.75) is 19.9 Å². The molecule has 0 saturated heterocycles. The minimum Gasteiger partial charge on any atom is -0.365 e. The summed E-state index contributed by atoms with van der Waals surface area (Å²) in [6, 6.07) is 8.50. The van der Waals surface area contributed by atoms with E-state index in [1.807, 2.05) is 0 Å². The van der Waals surface area contributed by atoms with Gasteiger partial charge in [0.25, 0.3) is 0 Å². The van der Waals surface area contributed by atoms with E-state index < -0.39 is 0 Å². The number of nitrogens with one attached hydrogen (secondary N) is 1. The molecule has 0 unspecified atom stereocenters. The highest BCUT2D eigenvalue weighted by Crippen LogP contribution is 2.20. The number of halogens is 2. The molecule has 2 aromatic rings. The van der Waals surface area contributed by atoms with Crippen molar-refractivity contribution in [3.05, 3.63) is 51.3 Å². The molecule has 1 aromatic heterocycles. The second-order valence-electron chi connectivity index (χ2n) is 3.86. The first-order chi connectivity index (χ1) is 8.69. The van der Waals surface area contributed by atoms with Crippen molar-refractivity contribution >= 4 is 33.3 Å². The molecule has 1 heterocycles.